The largest absolute Gasteiger partial charge is 0.478 e. The number of pyridine rings is 1. The predicted molar refractivity (Wildman–Crippen MR) is 284 cm³/mol. The monoisotopic (exact) mass is 1030 g/mol. The molecule has 0 radical (unpaired) electrons. The van der Waals surface area contributed by atoms with Crippen LogP contribution in [0, 0.1) is 0 Å². The number of methoxy groups -OCH3 is 1. The lowest BCUT2D eigenvalue weighted by molar-refractivity contribution is -0.149. The van der Waals surface area contributed by atoms with Crippen molar-refractivity contribution in [2.45, 2.75) is 89.4 Å². The maximum atomic E-state index is 14.1. The third kappa shape index (κ3) is 8.97. The van der Waals surface area contributed by atoms with Gasteiger partial charge in [-0.15, -0.1) is 11.3 Å². The smallest absolute Gasteiger partial charge is 0.269 e. The third-order valence-corrected chi connectivity index (χ3v) is 17.1. The van der Waals surface area contributed by atoms with E-state index in [1.165, 1.54) is 36.2 Å². The zero-order chi connectivity index (χ0) is 52.2. The molecule has 11 rings (SSSR count). The number of anilines is 6. The molecule has 1 unspecified atom stereocenters. The molecule has 3 saturated heterocycles. The fraction of sp³-hybridized carbons (Fsp3) is 0.400. The highest BCUT2D eigenvalue weighted by atomic mass is 32.1. The van der Waals surface area contributed by atoms with E-state index in [4.69, 9.17) is 9.72 Å². The number of nitrogens with one attached hydrogen (secondary N) is 2. The van der Waals surface area contributed by atoms with E-state index in [0.717, 1.165) is 97.2 Å². The molecule has 20 heteroatoms. The van der Waals surface area contributed by atoms with Crippen LogP contribution in [-0.4, -0.2) is 142 Å². The first-order valence-electron chi connectivity index (χ1n) is 25.7. The number of imide groups is 2. The van der Waals surface area contributed by atoms with Crippen molar-refractivity contribution in [2.75, 3.05) is 78.8 Å². The van der Waals surface area contributed by atoms with E-state index in [0.29, 0.717) is 59.0 Å². The van der Waals surface area contributed by atoms with Gasteiger partial charge in [-0.05, 0) is 118 Å². The van der Waals surface area contributed by atoms with Crippen LogP contribution in [0.25, 0.3) is 11.3 Å². The van der Waals surface area contributed by atoms with Crippen LogP contribution in [0.15, 0.2) is 67.5 Å². The van der Waals surface area contributed by atoms with Crippen molar-refractivity contribution in [2.24, 2.45) is 0 Å². The van der Waals surface area contributed by atoms with Crippen LogP contribution in [-0.2, 0) is 40.3 Å². The first-order chi connectivity index (χ1) is 36.3. The van der Waals surface area contributed by atoms with E-state index < -0.39 is 23.8 Å². The number of ether oxygens (including phenoxy) is 1. The Balaban J connectivity index is 0.763. The number of rotatable bonds is 12. The fourth-order valence-electron chi connectivity index (χ4n) is 11.9. The number of piperazine rings is 1. The Hall–Kier alpha value is -7.55. The summed E-state index contributed by atoms with van der Waals surface area (Å²) in [5, 5.41) is 17.2. The van der Waals surface area contributed by atoms with Gasteiger partial charge in [0.2, 0.25) is 11.8 Å². The first kappa shape index (κ1) is 49.7. The second-order valence-electron chi connectivity index (χ2n) is 20.0. The van der Waals surface area contributed by atoms with Crippen molar-refractivity contribution in [1.82, 2.24) is 29.7 Å². The molecule has 0 saturated carbocycles. The number of aromatic nitrogens is 3. The van der Waals surface area contributed by atoms with Gasteiger partial charge in [0, 0.05) is 98.4 Å². The summed E-state index contributed by atoms with van der Waals surface area (Å²) in [5.74, 6) is -1.41. The van der Waals surface area contributed by atoms with E-state index in [-0.39, 0.29) is 60.2 Å². The number of amides is 6. The molecular formula is C55H59N11O8S. The van der Waals surface area contributed by atoms with Crippen LogP contribution in [0.2, 0.25) is 0 Å². The molecule has 2 atom stereocenters. The SMILES string of the molecule is C=CC(=O)Nc1cc(Nc2nc(-c3ccnc(N4CCc5c(sc6c5CCCC6)C4=O)c3CO)cnc2OC)ccc1N1CCN(C2CCN(c3ccc4c(c3)C(=O)N(C3CCC(=O)N(C)C3=O)C4=O)CC2)C[C@@H]1C. The summed E-state index contributed by atoms with van der Waals surface area (Å²) in [6.45, 7) is 9.76. The summed E-state index contributed by atoms with van der Waals surface area (Å²) in [4.78, 5) is 106. The van der Waals surface area contributed by atoms with Crippen molar-refractivity contribution in [3.8, 4) is 17.1 Å². The van der Waals surface area contributed by atoms with Gasteiger partial charge in [-0.25, -0.2) is 15.0 Å². The maximum Gasteiger partial charge on any atom is 0.269 e. The Morgan fingerprint density at radius 3 is 2.45 bits per heavy atom. The van der Waals surface area contributed by atoms with Crippen LogP contribution in [0.4, 0.5) is 34.4 Å². The van der Waals surface area contributed by atoms with E-state index in [1.54, 1.807) is 46.8 Å². The number of carbonyl (C=O) groups is 6. The molecule has 5 aromatic rings. The summed E-state index contributed by atoms with van der Waals surface area (Å²) in [7, 11) is 2.89. The molecule has 1 aliphatic carbocycles. The number of likely N-dealkylation sites (N-methyl/N-ethyl adjacent to an activating group) is 1. The van der Waals surface area contributed by atoms with E-state index in [2.05, 4.69) is 48.8 Å². The standard InChI is InChI=1S/C55H59N11O8S/c1-5-46(68)59-41-26-32(58-49-51(74-4)57-28-42(60-49)35-16-20-56-50(40(35)30-67)65-23-19-37-36-8-6-7-9-45(36)75-48(37)55(65)73)10-13-43(41)64-25-24-63(29-31(64)2)33-17-21-62(22-18-33)34-11-12-38-39(27-34)53(71)66(52(38)70)44-14-15-47(69)61(3)54(44)72/h5,10-13,16,20,26-28,31,33,44,67H,1,6-9,14-15,17-19,21-25,29-30H2,2-4H3,(H,58,60)(H,59,68)/t31-,44?/m0/s1. The average Bonchev–Trinajstić information content (AvgIpc) is 3.94. The number of aliphatic hydroxyl groups is 1. The number of piperidine rings is 2. The van der Waals surface area contributed by atoms with Crippen LogP contribution in [0.1, 0.15) is 97.4 Å². The number of likely N-dealkylation sites (tertiary alicyclic amines) is 1. The lowest BCUT2D eigenvalue weighted by Gasteiger charge is -2.47. The van der Waals surface area contributed by atoms with Crippen molar-refractivity contribution in [3.05, 3.63) is 105 Å². The van der Waals surface area contributed by atoms with Gasteiger partial charge in [0.25, 0.3) is 29.5 Å². The number of aryl methyl sites for hydroxylation is 1. The summed E-state index contributed by atoms with van der Waals surface area (Å²) < 4.78 is 5.66. The van der Waals surface area contributed by atoms with Gasteiger partial charge in [0.15, 0.2) is 5.82 Å². The van der Waals surface area contributed by atoms with Crippen LogP contribution >= 0.6 is 11.3 Å². The van der Waals surface area contributed by atoms with E-state index >= 15 is 0 Å². The summed E-state index contributed by atoms with van der Waals surface area (Å²) in [6, 6.07) is 12.2. The lowest BCUT2D eigenvalue weighted by Crippen LogP contribution is -2.57. The number of thiophene rings is 1. The highest BCUT2D eigenvalue weighted by Gasteiger charge is 2.46. The Labute approximate surface area is 438 Å². The van der Waals surface area contributed by atoms with Crippen molar-refractivity contribution in [3.63, 3.8) is 0 Å². The molecule has 0 spiro atoms. The molecule has 0 bridgehead atoms. The Bertz CT molecular complexity index is 3190. The molecule has 19 nitrogen and oxygen atoms in total. The molecular weight excluding hydrogens is 975 g/mol. The number of hydrogen-bond donors (Lipinski definition) is 3. The fourth-order valence-corrected chi connectivity index (χ4v) is 13.3. The summed E-state index contributed by atoms with van der Waals surface area (Å²) in [6.07, 6.45) is 11.5. The maximum absolute atomic E-state index is 14.1. The molecule has 388 valence electrons. The minimum Gasteiger partial charge on any atom is -0.478 e. The average molecular weight is 1030 g/mol. The topological polar surface area (TPSA) is 214 Å². The number of benzene rings is 2. The van der Waals surface area contributed by atoms with E-state index in [9.17, 15) is 33.9 Å². The normalized spacial score (nSPS) is 20.3. The highest BCUT2D eigenvalue weighted by molar-refractivity contribution is 7.14. The quantitative estimate of drug-likeness (QED) is 0.0970. The van der Waals surface area contributed by atoms with Gasteiger partial charge in [-0.2, -0.15) is 0 Å². The highest BCUT2D eigenvalue weighted by Crippen LogP contribution is 2.41. The third-order valence-electron chi connectivity index (χ3n) is 15.8. The second-order valence-corrected chi connectivity index (χ2v) is 21.1. The Morgan fingerprint density at radius 2 is 1.68 bits per heavy atom. The lowest BCUT2D eigenvalue weighted by atomic mass is 9.92. The molecule has 5 aliphatic heterocycles. The minimum atomic E-state index is -0.997. The number of carbonyl (C=O) groups excluding carboxylic acids is 6. The van der Waals surface area contributed by atoms with Gasteiger partial charge in [0.05, 0.1) is 53.0 Å². The summed E-state index contributed by atoms with van der Waals surface area (Å²) in [5.41, 5.74) is 7.43. The van der Waals surface area contributed by atoms with Crippen LogP contribution in [0.5, 0.6) is 5.88 Å². The molecule has 6 aliphatic rings. The molecule has 8 heterocycles. The zero-order valence-corrected chi connectivity index (χ0v) is 43.1. The van der Waals surface area contributed by atoms with Crippen molar-refractivity contribution >= 4 is 81.2 Å². The van der Waals surface area contributed by atoms with Gasteiger partial charge in [0.1, 0.15) is 11.9 Å². The van der Waals surface area contributed by atoms with Crippen molar-refractivity contribution < 1.29 is 38.6 Å². The Kier molecular flexibility index (Phi) is 13.4. The zero-order valence-electron chi connectivity index (χ0n) is 42.3. The molecule has 3 N–H and O–H groups in total. The number of nitrogens with zero attached hydrogens (tertiary/aromatic N) is 9. The van der Waals surface area contributed by atoms with Gasteiger partial charge in [-0.3, -0.25) is 48.4 Å². The van der Waals surface area contributed by atoms with E-state index in [1.807, 2.05) is 24.3 Å². The van der Waals surface area contributed by atoms with Crippen LogP contribution < -0.4 is 30.1 Å². The van der Waals surface area contributed by atoms with Gasteiger partial charge in [-0.1, -0.05) is 6.58 Å². The molecule has 2 aromatic carbocycles. The molecule has 3 aromatic heterocycles. The molecule has 3 fully saturated rings. The minimum absolute atomic E-state index is 0.0821. The van der Waals surface area contributed by atoms with Gasteiger partial charge < -0.3 is 30.3 Å². The first-order valence-corrected chi connectivity index (χ1v) is 26.5. The van der Waals surface area contributed by atoms with Crippen LogP contribution in [0.3, 0.4) is 0 Å². The second kappa shape index (κ2) is 20.3. The number of aliphatic hydroxyl groups excluding tert-OH is 1. The summed E-state index contributed by atoms with van der Waals surface area (Å²) >= 11 is 1.60. The molecule has 75 heavy (non-hydrogen) atoms. The van der Waals surface area contributed by atoms with Gasteiger partial charge >= 0.3 is 0 Å². The predicted octanol–water partition coefficient (Wildman–Crippen LogP) is 5.97. The molecule has 6 amide bonds. The number of hydrogen-bond acceptors (Lipinski definition) is 16. The van der Waals surface area contributed by atoms with Crippen molar-refractivity contribution in [1.29, 1.82) is 0 Å². The number of fused-ring (bicyclic) bond motifs is 4. The Morgan fingerprint density at radius 1 is 0.880 bits per heavy atom.